The predicted molar refractivity (Wildman–Crippen MR) is 120 cm³/mol. The highest BCUT2D eigenvalue weighted by Crippen LogP contribution is 2.54. The van der Waals surface area contributed by atoms with Crippen LogP contribution in [0.4, 0.5) is 0 Å². The van der Waals surface area contributed by atoms with Gasteiger partial charge in [0.25, 0.3) is 0 Å². The second-order valence-corrected chi connectivity index (χ2v) is 9.17. The fourth-order valence-electron chi connectivity index (χ4n) is 5.70. The molecule has 8 heteroatoms. The van der Waals surface area contributed by atoms with E-state index < -0.39 is 29.6 Å². The summed E-state index contributed by atoms with van der Waals surface area (Å²) in [7, 11) is 1.58. The van der Waals surface area contributed by atoms with Gasteiger partial charge >= 0.3 is 5.97 Å². The SMILES string of the molecule is COc1ccc(CN2C(=O)C3CC(=O)OC34C(CC(C)=O)N(Cc3ccccc3)C(=O)C24)cc1. The number of hydrogen-bond acceptors (Lipinski definition) is 6. The molecule has 0 aromatic heterocycles. The molecule has 3 saturated heterocycles. The summed E-state index contributed by atoms with van der Waals surface area (Å²) in [4.78, 5) is 55.3. The van der Waals surface area contributed by atoms with Crippen LogP contribution in [0.5, 0.6) is 5.75 Å². The fraction of sp³-hybridized carbons (Fsp3) is 0.385. The number of carbonyl (C=O) groups is 4. The minimum absolute atomic E-state index is 0.0164. The van der Waals surface area contributed by atoms with Crippen molar-refractivity contribution in [3.05, 3.63) is 65.7 Å². The van der Waals surface area contributed by atoms with Gasteiger partial charge in [-0.25, -0.2) is 0 Å². The number of carbonyl (C=O) groups excluding carboxylic acids is 4. The molecule has 2 amide bonds. The molecule has 0 aliphatic carbocycles. The summed E-state index contributed by atoms with van der Waals surface area (Å²) in [5.74, 6) is -1.32. The Morgan fingerprint density at radius 1 is 0.971 bits per heavy atom. The van der Waals surface area contributed by atoms with E-state index in [9.17, 15) is 19.2 Å². The molecule has 34 heavy (non-hydrogen) atoms. The van der Waals surface area contributed by atoms with E-state index in [0.29, 0.717) is 5.75 Å². The van der Waals surface area contributed by atoms with E-state index >= 15 is 0 Å². The predicted octanol–water partition coefficient (Wildman–Crippen LogP) is 2.10. The highest BCUT2D eigenvalue weighted by atomic mass is 16.6. The molecule has 0 N–H and O–H groups in total. The van der Waals surface area contributed by atoms with Gasteiger partial charge in [-0.05, 0) is 30.2 Å². The lowest BCUT2D eigenvalue weighted by Crippen LogP contribution is -2.52. The number of esters is 1. The average molecular weight is 463 g/mol. The first-order chi connectivity index (χ1) is 16.3. The topological polar surface area (TPSA) is 93.2 Å². The first-order valence-electron chi connectivity index (χ1n) is 11.3. The molecule has 4 atom stereocenters. The maximum atomic E-state index is 13.9. The smallest absolute Gasteiger partial charge is 0.307 e. The highest BCUT2D eigenvalue weighted by Gasteiger charge is 2.76. The summed E-state index contributed by atoms with van der Waals surface area (Å²) in [6.45, 7) is 1.92. The maximum Gasteiger partial charge on any atom is 0.307 e. The van der Waals surface area contributed by atoms with Crippen molar-refractivity contribution in [1.82, 2.24) is 9.80 Å². The number of ether oxygens (including phenoxy) is 2. The van der Waals surface area contributed by atoms with E-state index in [2.05, 4.69) is 0 Å². The molecule has 2 aromatic carbocycles. The van der Waals surface area contributed by atoms with Gasteiger partial charge in [-0.15, -0.1) is 0 Å². The quantitative estimate of drug-likeness (QED) is 0.585. The zero-order valence-corrected chi connectivity index (χ0v) is 19.1. The van der Waals surface area contributed by atoms with Crippen molar-refractivity contribution in [2.75, 3.05) is 7.11 Å². The molecule has 2 aromatic rings. The van der Waals surface area contributed by atoms with E-state index in [1.807, 2.05) is 42.5 Å². The molecule has 3 aliphatic rings. The van der Waals surface area contributed by atoms with Gasteiger partial charge in [0.15, 0.2) is 11.6 Å². The van der Waals surface area contributed by atoms with Crippen LogP contribution < -0.4 is 4.74 Å². The van der Waals surface area contributed by atoms with Crippen molar-refractivity contribution in [3.8, 4) is 5.75 Å². The molecule has 8 nitrogen and oxygen atoms in total. The molecule has 0 radical (unpaired) electrons. The van der Waals surface area contributed by atoms with Gasteiger partial charge in [-0.3, -0.25) is 19.2 Å². The van der Waals surface area contributed by atoms with Gasteiger partial charge in [-0.1, -0.05) is 42.5 Å². The Bertz CT molecular complexity index is 1150. The maximum absolute atomic E-state index is 13.9. The van der Waals surface area contributed by atoms with Crippen molar-refractivity contribution in [1.29, 1.82) is 0 Å². The third-order valence-electron chi connectivity index (χ3n) is 7.13. The number of rotatable bonds is 7. The minimum Gasteiger partial charge on any atom is -0.497 e. The molecule has 176 valence electrons. The van der Waals surface area contributed by atoms with E-state index in [1.165, 1.54) is 11.8 Å². The van der Waals surface area contributed by atoms with Crippen LogP contribution in [0.15, 0.2) is 54.6 Å². The second kappa shape index (κ2) is 8.27. The third-order valence-corrected chi connectivity index (χ3v) is 7.13. The number of methoxy groups -OCH3 is 1. The lowest BCUT2D eigenvalue weighted by atomic mass is 9.80. The fourth-order valence-corrected chi connectivity index (χ4v) is 5.70. The van der Waals surface area contributed by atoms with E-state index in [-0.39, 0.29) is 43.5 Å². The monoisotopic (exact) mass is 462 g/mol. The van der Waals surface area contributed by atoms with Gasteiger partial charge in [0.1, 0.15) is 11.5 Å². The van der Waals surface area contributed by atoms with E-state index in [4.69, 9.17) is 9.47 Å². The van der Waals surface area contributed by atoms with Gasteiger partial charge in [0, 0.05) is 19.5 Å². The average Bonchev–Trinajstić information content (AvgIpc) is 3.35. The first-order valence-corrected chi connectivity index (χ1v) is 11.3. The molecule has 3 heterocycles. The summed E-state index contributed by atoms with van der Waals surface area (Å²) in [6.07, 6.45) is -0.0716. The van der Waals surface area contributed by atoms with Crippen molar-refractivity contribution < 1.29 is 28.7 Å². The number of nitrogens with zero attached hydrogens (tertiary/aromatic N) is 2. The van der Waals surface area contributed by atoms with Crippen LogP contribution in [0, 0.1) is 5.92 Å². The Kier molecular flexibility index (Phi) is 5.38. The number of benzene rings is 2. The lowest BCUT2D eigenvalue weighted by Gasteiger charge is -2.34. The molecule has 3 aliphatic heterocycles. The normalized spacial score (nSPS) is 27.6. The first kappa shape index (κ1) is 22.1. The van der Waals surface area contributed by atoms with Crippen molar-refractivity contribution in [2.45, 2.75) is 50.5 Å². The zero-order chi connectivity index (χ0) is 24.0. The van der Waals surface area contributed by atoms with Gasteiger partial charge in [0.2, 0.25) is 11.8 Å². The second-order valence-electron chi connectivity index (χ2n) is 9.17. The van der Waals surface area contributed by atoms with Crippen LogP contribution >= 0.6 is 0 Å². The number of ketones is 1. The van der Waals surface area contributed by atoms with E-state index in [1.54, 1.807) is 24.1 Å². The summed E-state index contributed by atoms with van der Waals surface area (Å²) >= 11 is 0. The molecule has 4 unspecified atom stereocenters. The Balaban J connectivity index is 1.55. The van der Waals surface area contributed by atoms with E-state index in [0.717, 1.165) is 11.1 Å². The number of hydrogen-bond donors (Lipinski definition) is 0. The molecule has 5 rings (SSSR count). The van der Waals surface area contributed by atoms with Crippen LogP contribution in [0.3, 0.4) is 0 Å². The molecule has 1 spiro atoms. The van der Waals surface area contributed by atoms with Crippen molar-refractivity contribution >= 4 is 23.6 Å². The lowest BCUT2D eigenvalue weighted by molar-refractivity contribution is -0.154. The van der Waals surface area contributed by atoms with Crippen LogP contribution in [0.25, 0.3) is 0 Å². The Labute approximate surface area is 197 Å². The van der Waals surface area contributed by atoms with Gasteiger partial charge < -0.3 is 19.3 Å². The number of Topliss-reactive ketones (excluding diaryl/α,β-unsaturated/α-hetero) is 1. The molecular weight excluding hydrogens is 436 g/mol. The summed E-state index contributed by atoms with van der Waals surface area (Å²) in [5, 5.41) is 0. The molecule has 0 saturated carbocycles. The Morgan fingerprint density at radius 3 is 2.26 bits per heavy atom. The molecular formula is C26H26N2O6. The third kappa shape index (κ3) is 3.36. The number of amides is 2. The number of likely N-dealkylation sites (tertiary alicyclic amines) is 2. The summed E-state index contributed by atoms with van der Waals surface area (Å²) < 4.78 is 11.1. The molecule has 0 bridgehead atoms. The minimum atomic E-state index is -1.36. The standard InChI is InChI=1S/C26H26N2O6/c1-16(29)12-21-26-20(13-22(30)34-26)24(31)28(15-18-8-10-19(33-2)11-9-18)23(26)25(32)27(21)14-17-6-4-3-5-7-17/h3-11,20-21,23H,12-15H2,1-2H3. The zero-order valence-electron chi connectivity index (χ0n) is 19.1. The van der Waals surface area contributed by atoms with Crippen molar-refractivity contribution in [2.24, 2.45) is 5.92 Å². The summed E-state index contributed by atoms with van der Waals surface area (Å²) in [5.41, 5.74) is 0.362. The van der Waals surface area contributed by atoms with Crippen LogP contribution in [-0.2, 0) is 37.0 Å². The van der Waals surface area contributed by atoms with Crippen LogP contribution in [0.2, 0.25) is 0 Å². The van der Waals surface area contributed by atoms with Gasteiger partial charge in [0.05, 0.1) is 25.5 Å². The van der Waals surface area contributed by atoms with Crippen LogP contribution in [0.1, 0.15) is 30.9 Å². The highest BCUT2D eigenvalue weighted by molar-refractivity contribution is 6.02. The Morgan fingerprint density at radius 2 is 1.62 bits per heavy atom. The Hall–Kier alpha value is -3.68. The molecule has 3 fully saturated rings. The summed E-state index contributed by atoms with van der Waals surface area (Å²) in [6, 6.07) is 15.1. The van der Waals surface area contributed by atoms with Crippen LogP contribution in [-0.4, -0.2) is 58.2 Å². The van der Waals surface area contributed by atoms with Gasteiger partial charge in [-0.2, -0.15) is 0 Å². The largest absolute Gasteiger partial charge is 0.497 e. The van der Waals surface area contributed by atoms with Crippen molar-refractivity contribution in [3.63, 3.8) is 0 Å².